The van der Waals surface area contributed by atoms with Crippen LogP contribution in [-0.2, 0) is 0 Å². The second kappa shape index (κ2) is 3.19. The molecule has 0 atom stereocenters. The maximum absolute atomic E-state index is 10.8. The van der Waals surface area contributed by atoms with Crippen LogP contribution in [0.2, 0.25) is 5.02 Å². The minimum absolute atomic E-state index is 0.354. The third kappa shape index (κ3) is 1.49. The van der Waals surface area contributed by atoms with Crippen molar-refractivity contribution in [2.75, 3.05) is 5.73 Å². The van der Waals surface area contributed by atoms with Gasteiger partial charge in [0, 0.05) is 5.56 Å². The third-order valence-electron chi connectivity index (χ3n) is 1.78. The Kier molecular flexibility index (Phi) is 2.01. The van der Waals surface area contributed by atoms with Gasteiger partial charge in [0.05, 0.1) is 10.7 Å². The Morgan fingerprint density at radius 1 is 1.43 bits per heavy atom. The number of nitrogens with zero attached hydrogens (tertiary/aromatic N) is 1. The summed E-state index contributed by atoms with van der Waals surface area (Å²) < 4.78 is 0. The van der Waals surface area contributed by atoms with Crippen molar-refractivity contribution in [1.29, 1.82) is 0 Å². The number of nitrogens with two attached hydrogens (primary N) is 1. The standard InChI is InChI=1S/C8H7ClN4O/c9-5-3-4(1-2-6(5)10)7-11-8(14)13-12-7/h1-3H,10H2,(H2,11,12,13,14). The molecule has 0 aliphatic rings. The van der Waals surface area contributed by atoms with Gasteiger partial charge in [0.15, 0.2) is 5.82 Å². The number of nitrogen functional groups attached to an aromatic ring is 1. The van der Waals surface area contributed by atoms with Gasteiger partial charge in [-0.2, -0.15) is 5.10 Å². The Bertz CT molecular complexity index is 516. The van der Waals surface area contributed by atoms with Gasteiger partial charge < -0.3 is 5.73 Å². The lowest BCUT2D eigenvalue weighted by Gasteiger charge is -1.99. The van der Waals surface area contributed by atoms with E-state index in [9.17, 15) is 4.79 Å². The summed E-state index contributed by atoms with van der Waals surface area (Å²) in [6, 6.07) is 5.03. The molecule has 0 aliphatic heterocycles. The van der Waals surface area contributed by atoms with E-state index in [-0.39, 0.29) is 5.69 Å². The molecule has 72 valence electrons. The van der Waals surface area contributed by atoms with Crippen molar-refractivity contribution in [1.82, 2.24) is 15.2 Å². The fraction of sp³-hybridized carbons (Fsp3) is 0. The zero-order valence-corrected chi connectivity index (χ0v) is 7.80. The molecule has 5 nitrogen and oxygen atoms in total. The lowest BCUT2D eigenvalue weighted by atomic mass is 10.2. The lowest BCUT2D eigenvalue weighted by molar-refractivity contribution is 1.05. The fourth-order valence-corrected chi connectivity index (χ4v) is 1.26. The normalized spacial score (nSPS) is 10.4. The maximum atomic E-state index is 10.8. The highest BCUT2D eigenvalue weighted by Crippen LogP contribution is 2.23. The molecule has 0 radical (unpaired) electrons. The zero-order chi connectivity index (χ0) is 10.1. The molecule has 2 aromatic rings. The van der Waals surface area contributed by atoms with Crippen molar-refractivity contribution < 1.29 is 0 Å². The number of anilines is 1. The number of H-pyrrole nitrogens is 2. The van der Waals surface area contributed by atoms with Crippen LogP contribution in [0.1, 0.15) is 0 Å². The van der Waals surface area contributed by atoms with Gasteiger partial charge in [-0.15, -0.1) is 0 Å². The van der Waals surface area contributed by atoms with E-state index in [1.807, 2.05) is 0 Å². The first kappa shape index (κ1) is 8.83. The smallest absolute Gasteiger partial charge is 0.340 e. The Balaban J connectivity index is 2.52. The fourth-order valence-electron chi connectivity index (χ4n) is 1.08. The van der Waals surface area contributed by atoms with Crippen molar-refractivity contribution in [2.45, 2.75) is 0 Å². The van der Waals surface area contributed by atoms with Crippen molar-refractivity contribution in [2.24, 2.45) is 0 Å². The van der Waals surface area contributed by atoms with E-state index in [1.165, 1.54) is 0 Å². The summed E-state index contributed by atoms with van der Waals surface area (Å²) in [5.41, 5.74) is 6.39. The predicted octanol–water partition coefficient (Wildman–Crippen LogP) is 1.00. The number of aromatic nitrogens is 3. The molecule has 0 aliphatic carbocycles. The monoisotopic (exact) mass is 210 g/mol. The van der Waals surface area contributed by atoms with Gasteiger partial charge in [-0.05, 0) is 18.2 Å². The average Bonchev–Trinajstić information content (AvgIpc) is 2.57. The van der Waals surface area contributed by atoms with Crippen LogP contribution in [0.5, 0.6) is 0 Å². The molecule has 0 fully saturated rings. The molecule has 0 saturated carbocycles. The lowest BCUT2D eigenvalue weighted by Crippen LogP contribution is -2.00. The van der Waals surface area contributed by atoms with E-state index in [2.05, 4.69) is 15.2 Å². The number of hydrogen-bond acceptors (Lipinski definition) is 3. The van der Waals surface area contributed by atoms with Gasteiger partial charge in [-0.1, -0.05) is 11.6 Å². The summed E-state index contributed by atoms with van der Waals surface area (Å²) in [6.07, 6.45) is 0. The SMILES string of the molecule is Nc1ccc(-c2n[nH]c(=O)[nH]2)cc1Cl. The van der Waals surface area contributed by atoms with Gasteiger partial charge >= 0.3 is 5.69 Å². The summed E-state index contributed by atoms with van der Waals surface area (Å²) in [6.45, 7) is 0. The van der Waals surface area contributed by atoms with Crippen molar-refractivity contribution in [3.63, 3.8) is 0 Å². The predicted molar refractivity (Wildman–Crippen MR) is 54.1 cm³/mol. The highest BCUT2D eigenvalue weighted by molar-refractivity contribution is 6.33. The molecule has 0 spiro atoms. The summed E-state index contributed by atoms with van der Waals surface area (Å²) in [5.74, 6) is 0.442. The molecule has 4 N–H and O–H groups in total. The van der Waals surface area contributed by atoms with E-state index in [0.29, 0.717) is 22.1 Å². The number of halogens is 1. The number of benzene rings is 1. The Morgan fingerprint density at radius 2 is 2.21 bits per heavy atom. The molecule has 1 heterocycles. The van der Waals surface area contributed by atoms with Gasteiger partial charge in [0.1, 0.15) is 0 Å². The second-order valence-corrected chi connectivity index (χ2v) is 3.17. The first-order chi connectivity index (χ1) is 6.66. The van der Waals surface area contributed by atoms with Gasteiger partial charge in [0.25, 0.3) is 0 Å². The van der Waals surface area contributed by atoms with E-state index < -0.39 is 0 Å². The van der Waals surface area contributed by atoms with Crippen LogP contribution in [0.4, 0.5) is 5.69 Å². The Hall–Kier alpha value is -1.75. The van der Waals surface area contributed by atoms with Crippen molar-refractivity contribution in [3.8, 4) is 11.4 Å². The molecular weight excluding hydrogens is 204 g/mol. The average molecular weight is 211 g/mol. The highest BCUT2D eigenvalue weighted by atomic mass is 35.5. The third-order valence-corrected chi connectivity index (χ3v) is 2.10. The van der Waals surface area contributed by atoms with Crippen molar-refractivity contribution >= 4 is 17.3 Å². The van der Waals surface area contributed by atoms with Gasteiger partial charge in [-0.3, -0.25) is 4.98 Å². The largest absolute Gasteiger partial charge is 0.398 e. The summed E-state index contributed by atoms with van der Waals surface area (Å²) in [5, 5.41) is 6.47. The first-order valence-electron chi connectivity index (χ1n) is 3.87. The highest BCUT2D eigenvalue weighted by Gasteiger charge is 2.04. The molecule has 0 saturated heterocycles. The first-order valence-corrected chi connectivity index (χ1v) is 4.24. The second-order valence-electron chi connectivity index (χ2n) is 2.76. The van der Waals surface area contributed by atoms with Gasteiger partial charge in [-0.25, -0.2) is 9.89 Å². The van der Waals surface area contributed by atoms with E-state index in [4.69, 9.17) is 17.3 Å². The van der Waals surface area contributed by atoms with Crippen molar-refractivity contribution in [3.05, 3.63) is 33.7 Å². The molecular formula is C8H7ClN4O. The molecule has 0 amide bonds. The Labute approximate surface area is 83.9 Å². The van der Waals surface area contributed by atoms with Crippen LogP contribution in [0, 0.1) is 0 Å². The van der Waals surface area contributed by atoms with Crippen LogP contribution in [-0.4, -0.2) is 15.2 Å². The van der Waals surface area contributed by atoms with Gasteiger partial charge in [0.2, 0.25) is 0 Å². The number of nitrogens with one attached hydrogen (secondary N) is 2. The molecule has 14 heavy (non-hydrogen) atoms. The van der Waals surface area contributed by atoms with E-state index in [0.717, 1.165) is 0 Å². The van der Waals surface area contributed by atoms with Crippen LogP contribution in [0.25, 0.3) is 11.4 Å². The zero-order valence-electron chi connectivity index (χ0n) is 7.04. The number of aromatic amines is 2. The summed E-state index contributed by atoms with van der Waals surface area (Å²) in [7, 11) is 0. The molecule has 1 aromatic heterocycles. The topological polar surface area (TPSA) is 87.6 Å². The minimum atomic E-state index is -0.354. The molecule has 0 unspecified atom stereocenters. The maximum Gasteiger partial charge on any atom is 0.340 e. The van der Waals surface area contributed by atoms with Crippen LogP contribution >= 0.6 is 11.6 Å². The molecule has 2 rings (SSSR count). The number of rotatable bonds is 1. The van der Waals surface area contributed by atoms with E-state index >= 15 is 0 Å². The quantitative estimate of drug-likeness (QED) is 0.614. The van der Waals surface area contributed by atoms with Crippen LogP contribution < -0.4 is 11.4 Å². The van der Waals surface area contributed by atoms with Crippen LogP contribution in [0.3, 0.4) is 0 Å². The summed E-state index contributed by atoms with van der Waals surface area (Å²) >= 11 is 5.82. The molecule has 1 aromatic carbocycles. The Morgan fingerprint density at radius 3 is 2.79 bits per heavy atom. The molecule has 6 heteroatoms. The number of hydrogen-bond donors (Lipinski definition) is 3. The van der Waals surface area contributed by atoms with E-state index in [1.54, 1.807) is 18.2 Å². The summed E-state index contributed by atoms with van der Waals surface area (Å²) in [4.78, 5) is 13.3. The minimum Gasteiger partial charge on any atom is -0.398 e. The van der Waals surface area contributed by atoms with Crippen LogP contribution in [0.15, 0.2) is 23.0 Å². The molecule has 0 bridgehead atoms.